The third kappa shape index (κ3) is 3.89. The Kier molecular flexibility index (Phi) is 4.25. The molecule has 0 aromatic carbocycles. The minimum atomic E-state index is -0.0689. The molecule has 4 heteroatoms. The molecule has 2 N–H and O–H groups in total. The van der Waals surface area contributed by atoms with Crippen LogP contribution in [0, 0.1) is 12.3 Å². The molecule has 1 rings (SSSR count). The molecule has 1 heterocycles. The fraction of sp³-hybridized carbons (Fsp3) is 0.727. The zero-order valence-electron chi connectivity index (χ0n) is 9.87. The molecule has 15 heavy (non-hydrogen) atoms. The van der Waals surface area contributed by atoms with E-state index in [0.717, 1.165) is 11.6 Å². The zero-order valence-corrected chi connectivity index (χ0v) is 10.7. The highest BCUT2D eigenvalue weighted by atomic mass is 32.1. The molecule has 0 aliphatic rings. The summed E-state index contributed by atoms with van der Waals surface area (Å²) in [5, 5.41) is 13.6. The lowest BCUT2D eigenvalue weighted by Gasteiger charge is -2.24. The van der Waals surface area contributed by atoms with Gasteiger partial charge in [-0.25, -0.2) is 4.98 Å². The Morgan fingerprint density at radius 2 is 2.27 bits per heavy atom. The molecule has 0 saturated carbocycles. The van der Waals surface area contributed by atoms with Crippen molar-refractivity contribution in [3.05, 3.63) is 16.1 Å². The van der Waals surface area contributed by atoms with Gasteiger partial charge in [0.05, 0.1) is 6.04 Å². The average Bonchev–Trinajstić information content (AvgIpc) is 2.61. The minimum Gasteiger partial charge on any atom is -0.396 e. The number of aliphatic hydroxyl groups excluding tert-OH is 1. The number of hydrogen-bond acceptors (Lipinski definition) is 4. The maximum absolute atomic E-state index is 9.13. The SMILES string of the molecule is Cc1cnc(C(C)NCC(C)(C)CO)s1. The summed E-state index contributed by atoms with van der Waals surface area (Å²) in [6.07, 6.45) is 1.90. The molecule has 3 nitrogen and oxygen atoms in total. The van der Waals surface area contributed by atoms with Crippen LogP contribution in [0.1, 0.15) is 36.7 Å². The number of rotatable bonds is 5. The molecule has 86 valence electrons. The van der Waals surface area contributed by atoms with E-state index in [4.69, 9.17) is 5.11 Å². The zero-order chi connectivity index (χ0) is 11.5. The van der Waals surface area contributed by atoms with Crippen LogP contribution >= 0.6 is 11.3 Å². The largest absolute Gasteiger partial charge is 0.396 e. The molecule has 0 amide bonds. The van der Waals surface area contributed by atoms with Gasteiger partial charge in [0, 0.05) is 29.6 Å². The van der Waals surface area contributed by atoms with Crippen LogP contribution in [0.4, 0.5) is 0 Å². The lowest BCUT2D eigenvalue weighted by Crippen LogP contribution is -2.33. The summed E-state index contributed by atoms with van der Waals surface area (Å²) in [5.74, 6) is 0. The van der Waals surface area contributed by atoms with Crippen molar-refractivity contribution in [3.63, 3.8) is 0 Å². The molecule has 0 saturated heterocycles. The first-order chi connectivity index (χ1) is 6.94. The molecule has 0 fully saturated rings. The molecule has 1 unspecified atom stereocenters. The van der Waals surface area contributed by atoms with Gasteiger partial charge < -0.3 is 10.4 Å². The monoisotopic (exact) mass is 228 g/mol. The van der Waals surface area contributed by atoms with E-state index < -0.39 is 0 Å². The summed E-state index contributed by atoms with van der Waals surface area (Å²) in [7, 11) is 0. The van der Waals surface area contributed by atoms with Crippen LogP contribution in [0.3, 0.4) is 0 Å². The Labute approximate surface area is 95.6 Å². The van der Waals surface area contributed by atoms with Gasteiger partial charge in [-0.1, -0.05) is 13.8 Å². The predicted molar refractivity (Wildman–Crippen MR) is 64.1 cm³/mol. The average molecular weight is 228 g/mol. The van der Waals surface area contributed by atoms with E-state index in [2.05, 4.69) is 24.1 Å². The van der Waals surface area contributed by atoms with Crippen LogP contribution in [-0.2, 0) is 0 Å². The van der Waals surface area contributed by atoms with E-state index in [1.165, 1.54) is 4.88 Å². The molecule has 0 radical (unpaired) electrons. The van der Waals surface area contributed by atoms with E-state index >= 15 is 0 Å². The van der Waals surface area contributed by atoms with Crippen molar-refractivity contribution in [1.29, 1.82) is 0 Å². The highest BCUT2D eigenvalue weighted by Gasteiger charge is 2.18. The van der Waals surface area contributed by atoms with Crippen molar-refractivity contribution in [2.24, 2.45) is 5.41 Å². The van der Waals surface area contributed by atoms with E-state index in [1.807, 2.05) is 20.0 Å². The summed E-state index contributed by atoms with van der Waals surface area (Å²) in [6, 6.07) is 0.259. The van der Waals surface area contributed by atoms with Gasteiger partial charge in [-0.3, -0.25) is 0 Å². The van der Waals surface area contributed by atoms with E-state index in [0.29, 0.717) is 0 Å². The van der Waals surface area contributed by atoms with Crippen molar-refractivity contribution >= 4 is 11.3 Å². The van der Waals surface area contributed by atoms with Gasteiger partial charge in [-0.2, -0.15) is 0 Å². The van der Waals surface area contributed by atoms with Crippen molar-refractivity contribution in [1.82, 2.24) is 10.3 Å². The molecule has 0 spiro atoms. The fourth-order valence-electron chi connectivity index (χ4n) is 1.14. The normalized spacial score (nSPS) is 14.2. The van der Waals surface area contributed by atoms with Crippen molar-refractivity contribution in [2.45, 2.75) is 33.7 Å². The number of nitrogens with one attached hydrogen (secondary N) is 1. The lowest BCUT2D eigenvalue weighted by molar-refractivity contribution is 0.154. The van der Waals surface area contributed by atoms with Crippen molar-refractivity contribution < 1.29 is 5.11 Å². The molecule has 0 aliphatic carbocycles. The van der Waals surface area contributed by atoms with E-state index in [1.54, 1.807) is 11.3 Å². The highest BCUT2D eigenvalue weighted by molar-refractivity contribution is 7.11. The first-order valence-corrected chi connectivity index (χ1v) is 6.03. The van der Waals surface area contributed by atoms with Crippen molar-refractivity contribution in [2.75, 3.05) is 13.2 Å². The highest BCUT2D eigenvalue weighted by Crippen LogP contribution is 2.20. The van der Waals surface area contributed by atoms with Gasteiger partial charge in [0.15, 0.2) is 0 Å². The van der Waals surface area contributed by atoms with Crippen LogP contribution in [0.15, 0.2) is 6.20 Å². The van der Waals surface area contributed by atoms with Gasteiger partial charge >= 0.3 is 0 Å². The van der Waals surface area contributed by atoms with Crippen LogP contribution in [-0.4, -0.2) is 23.2 Å². The Balaban J connectivity index is 2.46. The summed E-state index contributed by atoms with van der Waals surface area (Å²) in [6.45, 7) is 9.24. The van der Waals surface area contributed by atoms with E-state index in [-0.39, 0.29) is 18.1 Å². The van der Waals surface area contributed by atoms with Crippen LogP contribution in [0.5, 0.6) is 0 Å². The summed E-state index contributed by atoms with van der Waals surface area (Å²) >= 11 is 1.72. The third-order valence-corrected chi connectivity index (χ3v) is 3.42. The molecule has 1 aromatic rings. The lowest BCUT2D eigenvalue weighted by atomic mass is 9.95. The van der Waals surface area contributed by atoms with E-state index in [9.17, 15) is 0 Å². The number of aryl methyl sites for hydroxylation is 1. The van der Waals surface area contributed by atoms with Crippen molar-refractivity contribution in [3.8, 4) is 0 Å². The molecule has 0 aliphatic heterocycles. The second-order valence-electron chi connectivity index (χ2n) is 4.73. The Hall–Kier alpha value is -0.450. The molecular formula is C11H20N2OS. The van der Waals surface area contributed by atoms with Gasteiger partial charge in [0.25, 0.3) is 0 Å². The minimum absolute atomic E-state index is 0.0689. The summed E-state index contributed by atoms with van der Waals surface area (Å²) in [5.41, 5.74) is -0.0689. The maximum atomic E-state index is 9.13. The Morgan fingerprint density at radius 1 is 1.60 bits per heavy atom. The third-order valence-electron chi connectivity index (χ3n) is 2.32. The number of aliphatic hydroxyl groups is 1. The van der Waals surface area contributed by atoms with Gasteiger partial charge in [0.2, 0.25) is 0 Å². The number of nitrogens with zero attached hydrogens (tertiary/aromatic N) is 1. The smallest absolute Gasteiger partial charge is 0.109 e. The second kappa shape index (κ2) is 5.05. The van der Waals surface area contributed by atoms with Crippen LogP contribution in [0.2, 0.25) is 0 Å². The first-order valence-electron chi connectivity index (χ1n) is 5.21. The first kappa shape index (κ1) is 12.6. The summed E-state index contributed by atoms with van der Waals surface area (Å²) < 4.78 is 0. The quantitative estimate of drug-likeness (QED) is 0.811. The Bertz CT molecular complexity index is 309. The maximum Gasteiger partial charge on any atom is 0.109 e. The topological polar surface area (TPSA) is 45.2 Å². The molecule has 0 bridgehead atoms. The summed E-state index contributed by atoms with van der Waals surface area (Å²) in [4.78, 5) is 5.57. The number of aromatic nitrogens is 1. The number of thiazole rings is 1. The second-order valence-corrected chi connectivity index (χ2v) is 6.00. The predicted octanol–water partition coefficient (Wildman–Crippen LogP) is 2.12. The number of hydrogen-bond donors (Lipinski definition) is 2. The van der Waals surface area contributed by atoms with Crippen LogP contribution in [0.25, 0.3) is 0 Å². The molecule has 1 aromatic heterocycles. The standard InChI is InChI=1S/C11H20N2OS/c1-8-5-12-10(15-8)9(2)13-6-11(3,4)7-14/h5,9,13-14H,6-7H2,1-4H3. The Morgan fingerprint density at radius 3 is 2.73 bits per heavy atom. The van der Waals surface area contributed by atoms with Crippen LogP contribution < -0.4 is 5.32 Å². The molecule has 1 atom stereocenters. The van der Waals surface area contributed by atoms with Gasteiger partial charge in [0.1, 0.15) is 5.01 Å². The fourth-order valence-corrected chi connectivity index (χ4v) is 1.95. The van der Waals surface area contributed by atoms with Gasteiger partial charge in [-0.05, 0) is 13.8 Å². The molecular weight excluding hydrogens is 208 g/mol. The van der Waals surface area contributed by atoms with Gasteiger partial charge in [-0.15, -0.1) is 11.3 Å².